The molecule has 0 saturated carbocycles. The van der Waals surface area contributed by atoms with Gasteiger partial charge in [0.25, 0.3) is 5.91 Å². The molecule has 0 spiro atoms. The van der Waals surface area contributed by atoms with Gasteiger partial charge in [-0.1, -0.05) is 6.07 Å². The summed E-state index contributed by atoms with van der Waals surface area (Å²) in [5.41, 5.74) is 1.23. The van der Waals surface area contributed by atoms with Crippen molar-refractivity contribution in [2.24, 2.45) is 0 Å². The van der Waals surface area contributed by atoms with Crippen molar-refractivity contribution in [3.05, 3.63) is 84.2 Å². The Morgan fingerprint density at radius 2 is 2.06 bits per heavy atom. The summed E-state index contributed by atoms with van der Waals surface area (Å²) in [6.07, 6.45) is 5.88. The first-order chi connectivity index (χ1) is 15.5. The summed E-state index contributed by atoms with van der Waals surface area (Å²) in [5, 5.41) is 11.8. The SMILES string of the molecule is Cc1occc1C(=O)Nc1cc(NC(=O)NCc2cccnc2-n2cncn2)ccc1F. The van der Waals surface area contributed by atoms with Crippen LogP contribution in [0.4, 0.5) is 20.6 Å². The van der Waals surface area contributed by atoms with Crippen molar-refractivity contribution in [3.8, 4) is 5.82 Å². The van der Waals surface area contributed by atoms with Crippen molar-refractivity contribution in [3.63, 3.8) is 0 Å². The van der Waals surface area contributed by atoms with Gasteiger partial charge in [-0.15, -0.1) is 0 Å². The van der Waals surface area contributed by atoms with E-state index in [2.05, 4.69) is 31.0 Å². The lowest BCUT2D eigenvalue weighted by molar-refractivity contribution is 0.102. The second-order valence-corrected chi connectivity index (χ2v) is 6.67. The fraction of sp³-hybridized carbons (Fsp3) is 0.0952. The molecule has 0 aliphatic carbocycles. The first-order valence-corrected chi connectivity index (χ1v) is 9.50. The number of aryl methyl sites for hydroxylation is 1. The number of hydrogen-bond acceptors (Lipinski definition) is 6. The predicted molar refractivity (Wildman–Crippen MR) is 113 cm³/mol. The molecular formula is C21H18FN7O3. The molecule has 162 valence electrons. The number of nitrogens with zero attached hydrogens (tertiary/aromatic N) is 4. The standard InChI is InChI=1S/C21H18FN7O3/c1-13-16(6-8-32-13)20(30)28-18-9-15(4-5-17(18)22)27-21(31)25-10-14-3-2-7-24-19(14)29-12-23-11-26-29/h2-9,11-12H,10H2,1H3,(H,28,30)(H2,25,27,31). The van der Waals surface area contributed by atoms with E-state index in [4.69, 9.17) is 4.42 Å². The monoisotopic (exact) mass is 435 g/mol. The second kappa shape index (κ2) is 9.08. The Hall–Kier alpha value is -4.54. The minimum absolute atomic E-state index is 0.0749. The van der Waals surface area contributed by atoms with Crippen LogP contribution in [0.15, 0.2) is 65.9 Å². The highest BCUT2D eigenvalue weighted by Crippen LogP contribution is 2.21. The van der Waals surface area contributed by atoms with Crippen LogP contribution in [-0.2, 0) is 6.54 Å². The normalized spacial score (nSPS) is 10.6. The van der Waals surface area contributed by atoms with Crippen LogP contribution in [0.1, 0.15) is 21.7 Å². The summed E-state index contributed by atoms with van der Waals surface area (Å²) in [5.74, 6) is -0.212. The molecule has 0 unspecified atom stereocenters. The van der Waals surface area contributed by atoms with Crippen LogP contribution in [0, 0.1) is 12.7 Å². The minimum atomic E-state index is -0.640. The summed E-state index contributed by atoms with van der Waals surface area (Å²) in [4.78, 5) is 32.8. The van der Waals surface area contributed by atoms with Gasteiger partial charge in [-0.05, 0) is 37.3 Å². The Bertz CT molecular complexity index is 1250. The molecule has 0 aliphatic heterocycles. The largest absolute Gasteiger partial charge is 0.469 e. The number of anilines is 2. The van der Waals surface area contributed by atoms with Crippen molar-refractivity contribution in [2.75, 3.05) is 10.6 Å². The molecule has 0 saturated heterocycles. The molecule has 0 radical (unpaired) electrons. The summed E-state index contributed by atoms with van der Waals surface area (Å²) in [6, 6.07) is 8.38. The fourth-order valence-corrected chi connectivity index (χ4v) is 2.95. The van der Waals surface area contributed by atoms with E-state index in [9.17, 15) is 14.0 Å². The van der Waals surface area contributed by atoms with E-state index in [1.807, 2.05) is 0 Å². The molecule has 32 heavy (non-hydrogen) atoms. The number of amides is 3. The summed E-state index contributed by atoms with van der Waals surface area (Å²) in [6.45, 7) is 1.80. The van der Waals surface area contributed by atoms with Crippen molar-refractivity contribution in [1.82, 2.24) is 25.1 Å². The van der Waals surface area contributed by atoms with Crippen LogP contribution in [0.25, 0.3) is 5.82 Å². The average Bonchev–Trinajstić information content (AvgIpc) is 3.47. The third-order valence-corrected chi connectivity index (χ3v) is 4.52. The molecule has 3 amide bonds. The summed E-state index contributed by atoms with van der Waals surface area (Å²) < 4.78 is 20.8. The molecule has 1 aromatic carbocycles. The molecule has 4 aromatic rings. The molecule has 10 nitrogen and oxygen atoms in total. The van der Waals surface area contributed by atoms with E-state index in [1.165, 1.54) is 41.8 Å². The number of furan rings is 1. The van der Waals surface area contributed by atoms with Crippen LogP contribution >= 0.6 is 0 Å². The Labute approximate surface area is 181 Å². The second-order valence-electron chi connectivity index (χ2n) is 6.67. The van der Waals surface area contributed by atoms with Gasteiger partial charge in [0.1, 0.15) is 24.2 Å². The molecule has 4 rings (SSSR count). The van der Waals surface area contributed by atoms with Crippen molar-refractivity contribution in [1.29, 1.82) is 0 Å². The van der Waals surface area contributed by atoms with Crippen LogP contribution in [0.2, 0.25) is 0 Å². The van der Waals surface area contributed by atoms with Gasteiger partial charge in [0.15, 0.2) is 5.82 Å². The van der Waals surface area contributed by atoms with Gasteiger partial charge in [0, 0.05) is 24.0 Å². The fourth-order valence-electron chi connectivity index (χ4n) is 2.95. The van der Waals surface area contributed by atoms with Gasteiger partial charge in [0.05, 0.1) is 17.5 Å². The van der Waals surface area contributed by atoms with Crippen molar-refractivity contribution in [2.45, 2.75) is 13.5 Å². The molecule has 0 fully saturated rings. The lowest BCUT2D eigenvalue weighted by Gasteiger charge is -2.12. The zero-order chi connectivity index (χ0) is 22.5. The highest BCUT2D eigenvalue weighted by molar-refractivity contribution is 6.05. The van der Waals surface area contributed by atoms with Gasteiger partial charge in [-0.25, -0.2) is 23.8 Å². The smallest absolute Gasteiger partial charge is 0.319 e. The van der Waals surface area contributed by atoms with Crippen LogP contribution < -0.4 is 16.0 Å². The van der Waals surface area contributed by atoms with E-state index in [0.29, 0.717) is 22.8 Å². The first kappa shape index (κ1) is 20.7. The number of carbonyl (C=O) groups is 2. The van der Waals surface area contributed by atoms with Crippen LogP contribution in [-0.4, -0.2) is 31.7 Å². The van der Waals surface area contributed by atoms with Crippen molar-refractivity contribution < 1.29 is 18.4 Å². The number of nitrogens with one attached hydrogen (secondary N) is 3. The van der Waals surface area contributed by atoms with E-state index in [0.717, 1.165) is 11.6 Å². The van der Waals surface area contributed by atoms with Gasteiger partial charge in [0.2, 0.25) is 0 Å². The Kier molecular flexibility index (Phi) is 5.88. The molecule has 3 N–H and O–H groups in total. The Morgan fingerprint density at radius 3 is 2.81 bits per heavy atom. The summed E-state index contributed by atoms with van der Waals surface area (Å²) >= 11 is 0. The van der Waals surface area contributed by atoms with E-state index < -0.39 is 17.8 Å². The molecular weight excluding hydrogens is 417 g/mol. The van der Waals surface area contributed by atoms with Crippen LogP contribution in [0.5, 0.6) is 0 Å². The van der Waals surface area contributed by atoms with Gasteiger partial charge < -0.3 is 20.4 Å². The molecule has 0 aliphatic rings. The maximum Gasteiger partial charge on any atom is 0.319 e. The third-order valence-electron chi connectivity index (χ3n) is 4.52. The maximum absolute atomic E-state index is 14.2. The topological polar surface area (TPSA) is 127 Å². The first-order valence-electron chi connectivity index (χ1n) is 9.50. The number of pyridine rings is 1. The van der Waals surface area contributed by atoms with Gasteiger partial charge >= 0.3 is 6.03 Å². The van der Waals surface area contributed by atoms with E-state index >= 15 is 0 Å². The zero-order valence-corrected chi connectivity index (χ0v) is 16.9. The number of halogens is 1. The number of carbonyl (C=O) groups excluding carboxylic acids is 2. The zero-order valence-electron chi connectivity index (χ0n) is 16.9. The van der Waals surface area contributed by atoms with Crippen LogP contribution in [0.3, 0.4) is 0 Å². The average molecular weight is 435 g/mol. The number of benzene rings is 1. The number of hydrogen-bond donors (Lipinski definition) is 3. The lowest BCUT2D eigenvalue weighted by Crippen LogP contribution is -2.29. The Balaban J connectivity index is 1.41. The molecule has 3 heterocycles. The van der Waals surface area contributed by atoms with Crippen molar-refractivity contribution >= 4 is 23.3 Å². The van der Waals surface area contributed by atoms with Gasteiger partial charge in [-0.2, -0.15) is 5.10 Å². The maximum atomic E-state index is 14.2. The summed E-state index contributed by atoms with van der Waals surface area (Å²) in [7, 11) is 0. The quantitative estimate of drug-likeness (QED) is 0.427. The molecule has 0 atom stereocenters. The highest BCUT2D eigenvalue weighted by atomic mass is 19.1. The van der Waals surface area contributed by atoms with Gasteiger partial charge in [-0.3, -0.25) is 4.79 Å². The molecule has 11 heteroatoms. The molecule has 3 aromatic heterocycles. The minimum Gasteiger partial charge on any atom is -0.469 e. The predicted octanol–water partition coefficient (Wildman–Crippen LogP) is 3.28. The van der Waals surface area contributed by atoms with E-state index in [1.54, 1.807) is 25.3 Å². The third kappa shape index (κ3) is 4.61. The Morgan fingerprint density at radius 1 is 1.19 bits per heavy atom. The lowest BCUT2D eigenvalue weighted by atomic mass is 10.2. The number of aromatic nitrogens is 4. The number of urea groups is 1. The van der Waals surface area contributed by atoms with E-state index in [-0.39, 0.29) is 12.2 Å². The highest BCUT2D eigenvalue weighted by Gasteiger charge is 2.15. The number of rotatable bonds is 6. The molecule has 0 bridgehead atoms.